The fourth-order valence-electron chi connectivity index (χ4n) is 1.84. The van der Waals surface area contributed by atoms with E-state index in [1.54, 1.807) is 23.9 Å². The van der Waals surface area contributed by atoms with Gasteiger partial charge in [-0.05, 0) is 25.1 Å². The number of ether oxygens (including phenoxy) is 1. The summed E-state index contributed by atoms with van der Waals surface area (Å²) in [6.07, 6.45) is 1.16. The van der Waals surface area contributed by atoms with Crippen LogP contribution in [0.4, 0.5) is 0 Å². The maximum absolute atomic E-state index is 11.5. The van der Waals surface area contributed by atoms with Crippen molar-refractivity contribution in [2.24, 2.45) is 7.05 Å². The number of aromatic nitrogens is 2. The summed E-state index contributed by atoms with van der Waals surface area (Å²) in [4.78, 5) is 0.210. The molecule has 1 aromatic heterocycles. The first-order valence-corrected chi connectivity index (χ1v) is 8.32. The van der Waals surface area contributed by atoms with Crippen LogP contribution in [0, 0.1) is 6.92 Å². The minimum Gasteiger partial charge on any atom is -0.439 e. The predicted octanol–water partition coefficient (Wildman–Crippen LogP) is 2.66. The molecule has 0 amide bonds. The Morgan fingerprint density at radius 3 is 2.70 bits per heavy atom. The summed E-state index contributed by atoms with van der Waals surface area (Å²) < 4.78 is 30.4. The van der Waals surface area contributed by atoms with Crippen LogP contribution in [-0.4, -0.2) is 24.5 Å². The molecule has 5 nitrogen and oxygen atoms in total. The third-order valence-electron chi connectivity index (χ3n) is 2.87. The average Bonchev–Trinajstić information content (AvgIpc) is 2.63. The third kappa shape index (κ3) is 2.96. The number of benzene rings is 1. The summed E-state index contributed by atoms with van der Waals surface area (Å²) in [5.74, 6) is 1.23. The first-order valence-electron chi connectivity index (χ1n) is 5.89. The molecule has 1 aromatic carbocycles. The molecule has 20 heavy (non-hydrogen) atoms. The number of hydrogen-bond donors (Lipinski definition) is 0. The summed E-state index contributed by atoms with van der Waals surface area (Å²) in [5.41, 5.74) is 1.58. The van der Waals surface area contributed by atoms with Crippen LogP contribution in [-0.2, 0) is 22.8 Å². The average molecular weight is 315 g/mol. The molecule has 7 heteroatoms. The minimum absolute atomic E-state index is 0.210. The first kappa shape index (κ1) is 14.9. The molecule has 0 bridgehead atoms. The Balaban J connectivity index is 2.41. The van der Waals surface area contributed by atoms with Crippen molar-refractivity contribution in [2.75, 3.05) is 6.26 Å². The van der Waals surface area contributed by atoms with E-state index in [1.165, 1.54) is 12.1 Å². The number of alkyl halides is 1. The molecule has 108 valence electrons. The summed E-state index contributed by atoms with van der Waals surface area (Å²) >= 11 is 5.89. The van der Waals surface area contributed by atoms with Gasteiger partial charge in [0, 0.05) is 13.3 Å². The highest BCUT2D eigenvalue weighted by molar-refractivity contribution is 7.90. The van der Waals surface area contributed by atoms with Gasteiger partial charge >= 0.3 is 0 Å². The number of hydrogen-bond acceptors (Lipinski definition) is 4. The van der Waals surface area contributed by atoms with E-state index in [9.17, 15) is 8.42 Å². The Morgan fingerprint density at radius 2 is 2.10 bits per heavy atom. The van der Waals surface area contributed by atoms with Gasteiger partial charge in [-0.3, -0.25) is 0 Å². The molecule has 2 rings (SSSR count). The molecule has 1 heterocycles. The highest BCUT2D eigenvalue weighted by Gasteiger charge is 2.15. The number of aryl methyl sites for hydroxylation is 2. The molecule has 0 aliphatic heterocycles. The second kappa shape index (κ2) is 5.46. The molecule has 0 saturated heterocycles. The van der Waals surface area contributed by atoms with E-state index in [-0.39, 0.29) is 10.8 Å². The van der Waals surface area contributed by atoms with Gasteiger partial charge in [-0.2, -0.15) is 5.10 Å². The third-order valence-corrected chi connectivity index (χ3v) is 4.25. The lowest BCUT2D eigenvalue weighted by Gasteiger charge is -2.08. The Morgan fingerprint density at radius 1 is 1.40 bits per heavy atom. The molecule has 0 unspecified atom stereocenters. The lowest BCUT2D eigenvalue weighted by atomic mass is 10.3. The largest absolute Gasteiger partial charge is 0.439 e. The van der Waals surface area contributed by atoms with Gasteiger partial charge in [-0.25, -0.2) is 13.1 Å². The summed E-state index contributed by atoms with van der Waals surface area (Å²) in [7, 11) is -1.52. The Bertz CT molecular complexity index is 738. The van der Waals surface area contributed by atoms with Crippen molar-refractivity contribution < 1.29 is 13.2 Å². The summed E-state index contributed by atoms with van der Waals surface area (Å²) in [6.45, 7) is 1.84. The van der Waals surface area contributed by atoms with Gasteiger partial charge in [0.2, 0.25) is 5.88 Å². The van der Waals surface area contributed by atoms with Crippen LogP contribution >= 0.6 is 11.6 Å². The van der Waals surface area contributed by atoms with Crippen molar-refractivity contribution in [3.63, 3.8) is 0 Å². The fourth-order valence-corrected chi connectivity index (χ4v) is 2.81. The van der Waals surface area contributed by atoms with Crippen LogP contribution in [0.15, 0.2) is 29.2 Å². The lowest BCUT2D eigenvalue weighted by Crippen LogP contribution is -1.99. The maximum atomic E-state index is 11.5. The van der Waals surface area contributed by atoms with Crippen molar-refractivity contribution in [1.29, 1.82) is 0 Å². The van der Waals surface area contributed by atoms with Gasteiger partial charge in [0.1, 0.15) is 5.75 Å². The van der Waals surface area contributed by atoms with Gasteiger partial charge < -0.3 is 4.74 Å². The number of rotatable bonds is 4. The van der Waals surface area contributed by atoms with Crippen molar-refractivity contribution in [2.45, 2.75) is 17.7 Å². The van der Waals surface area contributed by atoms with E-state index < -0.39 is 9.84 Å². The standard InChI is InChI=1S/C13H15ClN2O3S/c1-9-12(8-14)13(16(2)15-9)19-10-5-4-6-11(7-10)20(3,17)18/h4-7H,8H2,1-3H3. The van der Waals surface area contributed by atoms with Gasteiger partial charge in [0.05, 0.1) is 22.0 Å². The zero-order chi connectivity index (χ0) is 14.9. The molecule has 0 spiro atoms. The van der Waals surface area contributed by atoms with Crippen LogP contribution in [0.25, 0.3) is 0 Å². The first-order chi connectivity index (χ1) is 9.32. The van der Waals surface area contributed by atoms with Crippen LogP contribution in [0.1, 0.15) is 11.3 Å². The van der Waals surface area contributed by atoms with E-state index in [0.717, 1.165) is 17.5 Å². The highest BCUT2D eigenvalue weighted by Crippen LogP contribution is 2.29. The SMILES string of the molecule is Cc1nn(C)c(Oc2cccc(S(C)(=O)=O)c2)c1CCl. The van der Waals surface area contributed by atoms with E-state index >= 15 is 0 Å². The second-order valence-corrected chi connectivity index (χ2v) is 6.76. The quantitative estimate of drug-likeness (QED) is 0.814. The van der Waals surface area contributed by atoms with Gasteiger partial charge in [0.25, 0.3) is 0 Å². The van der Waals surface area contributed by atoms with E-state index in [0.29, 0.717) is 11.6 Å². The van der Waals surface area contributed by atoms with E-state index in [2.05, 4.69) is 5.10 Å². The minimum atomic E-state index is -3.27. The molecule has 0 aliphatic rings. The van der Waals surface area contributed by atoms with Crippen molar-refractivity contribution in [1.82, 2.24) is 9.78 Å². The Labute approximate surface area is 123 Å². The van der Waals surface area contributed by atoms with E-state index in [1.807, 2.05) is 6.92 Å². The van der Waals surface area contributed by atoms with Crippen LogP contribution in [0.5, 0.6) is 11.6 Å². The predicted molar refractivity (Wildman–Crippen MR) is 77.1 cm³/mol. The molecule has 2 aromatic rings. The van der Waals surface area contributed by atoms with E-state index in [4.69, 9.17) is 16.3 Å². The van der Waals surface area contributed by atoms with Crippen LogP contribution in [0.2, 0.25) is 0 Å². The van der Waals surface area contributed by atoms with Crippen molar-refractivity contribution >= 4 is 21.4 Å². The molecular weight excluding hydrogens is 300 g/mol. The van der Waals surface area contributed by atoms with Crippen molar-refractivity contribution in [3.8, 4) is 11.6 Å². The summed E-state index contributed by atoms with van der Waals surface area (Å²) in [5, 5.41) is 4.24. The lowest BCUT2D eigenvalue weighted by molar-refractivity contribution is 0.426. The number of halogens is 1. The number of sulfone groups is 1. The Hall–Kier alpha value is -1.53. The number of nitrogens with zero attached hydrogens (tertiary/aromatic N) is 2. The smallest absolute Gasteiger partial charge is 0.222 e. The molecular formula is C13H15ClN2O3S. The fraction of sp³-hybridized carbons (Fsp3) is 0.308. The topological polar surface area (TPSA) is 61.2 Å². The maximum Gasteiger partial charge on any atom is 0.222 e. The highest BCUT2D eigenvalue weighted by atomic mass is 35.5. The molecule has 0 radical (unpaired) electrons. The zero-order valence-electron chi connectivity index (χ0n) is 11.4. The van der Waals surface area contributed by atoms with Crippen LogP contribution in [0.3, 0.4) is 0 Å². The molecule has 0 atom stereocenters. The van der Waals surface area contributed by atoms with Gasteiger partial charge in [-0.1, -0.05) is 6.07 Å². The van der Waals surface area contributed by atoms with Gasteiger partial charge in [-0.15, -0.1) is 11.6 Å². The Kier molecular flexibility index (Phi) is 4.06. The molecule has 0 aliphatic carbocycles. The normalized spacial score (nSPS) is 11.6. The molecule has 0 N–H and O–H groups in total. The summed E-state index contributed by atoms with van der Waals surface area (Å²) in [6, 6.07) is 6.33. The molecule has 0 fully saturated rings. The second-order valence-electron chi connectivity index (χ2n) is 4.48. The zero-order valence-corrected chi connectivity index (χ0v) is 13.0. The van der Waals surface area contributed by atoms with Gasteiger partial charge in [0.15, 0.2) is 9.84 Å². The monoisotopic (exact) mass is 314 g/mol. The molecule has 0 saturated carbocycles. The van der Waals surface area contributed by atoms with Crippen molar-refractivity contribution in [3.05, 3.63) is 35.5 Å². The van der Waals surface area contributed by atoms with Crippen LogP contribution < -0.4 is 4.74 Å².